The highest BCUT2D eigenvalue weighted by Gasteiger charge is 2.13. The van der Waals surface area contributed by atoms with E-state index >= 15 is 0 Å². The van der Waals surface area contributed by atoms with Crippen molar-refractivity contribution in [3.63, 3.8) is 0 Å². The topological polar surface area (TPSA) is 50.9 Å². The standard InChI is InChI=1S/C16H21N3S/c1-16(2,3)8-9-18-14-11-6-4-5-7-13(11)19-10-12(14)15(17)20/h4-7,10H,8-9H2,1-3H3,(H2,17,20)(H,18,19). The number of aromatic nitrogens is 1. The highest BCUT2D eigenvalue weighted by molar-refractivity contribution is 7.80. The molecule has 0 atom stereocenters. The van der Waals surface area contributed by atoms with Gasteiger partial charge in [-0.15, -0.1) is 0 Å². The molecule has 0 fully saturated rings. The van der Waals surface area contributed by atoms with E-state index in [4.69, 9.17) is 18.0 Å². The molecule has 0 amide bonds. The van der Waals surface area contributed by atoms with E-state index in [-0.39, 0.29) is 0 Å². The number of nitrogens with zero attached hydrogens (tertiary/aromatic N) is 1. The van der Waals surface area contributed by atoms with Gasteiger partial charge >= 0.3 is 0 Å². The van der Waals surface area contributed by atoms with Gasteiger partial charge in [-0.2, -0.15) is 0 Å². The Morgan fingerprint density at radius 2 is 2.00 bits per heavy atom. The van der Waals surface area contributed by atoms with Crippen LogP contribution in [0.3, 0.4) is 0 Å². The summed E-state index contributed by atoms with van der Waals surface area (Å²) < 4.78 is 0. The Balaban J connectivity index is 2.37. The van der Waals surface area contributed by atoms with E-state index in [9.17, 15) is 0 Å². The third-order valence-electron chi connectivity index (χ3n) is 3.22. The molecule has 1 aromatic heterocycles. The molecule has 0 bridgehead atoms. The smallest absolute Gasteiger partial charge is 0.107 e. The summed E-state index contributed by atoms with van der Waals surface area (Å²) in [6, 6.07) is 8.02. The van der Waals surface area contributed by atoms with Crippen LogP contribution >= 0.6 is 12.2 Å². The van der Waals surface area contributed by atoms with Crippen LogP contribution in [0.15, 0.2) is 30.5 Å². The maximum absolute atomic E-state index is 5.81. The maximum atomic E-state index is 5.81. The third-order valence-corrected chi connectivity index (χ3v) is 3.44. The number of thiocarbonyl (C=S) groups is 1. The van der Waals surface area contributed by atoms with Gasteiger partial charge in [0.1, 0.15) is 4.99 Å². The fourth-order valence-corrected chi connectivity index (χ4v) is 2.24. The van der Waals surface area contributed by atoms with E-state index in [2.05, 4.69) is 31.1 Å². The lowest BCUT2D eigenvalue weighted by molar-refractivity contribution is 0.390. The summed E-state index contributed by atoms with van der Waals surface area (Å²) in [4.78, 5) is 4.79. The lowest BCUT2D eigenvalue weighted by atomic mass is 9.92. The highest BCUT2D eigenvalue weighted by atomic mass is 32.1. The number of anilines is 1. The van der Waals surface area contributed by atoms with Gasteiger partial charge in [0.05, 0.1) is 16.8 Å². The molecular weight excluding hydrogens is 266 g/mol. The minimum absolute atomic E-state index is 0.291. The van der Waals surface area contributed by atoms with E-state index < -0.39 is 0 Å². The zero-order chi connectivity index (χ0) is 14.8. The SMILES string of the molecule is CC(C)(C)CCNc1c(C(N)=S)cnc2ccccc12. The minimum Gasteiger partial charge on any atom is -0.389 e. The predicted octanol–water partition coefficient (Wildman–Crippen LogP) is 3.72. The first-order valence-electron chi connectivity index (χ1n) is 6.80. The van der Waals surface area contributed by atoms with Crippen molar-refractivity contribution >= 4 is 33.8 Å². The van der Waals surface area contributed by atoms with Crippen LogP contribution in [-0.4, -0.2) is 16.5 Å². The van der Waals surface area contributed by atoms with Gasteiger partial charge in [-0.25, -0.2) is 0 Å². The van der Waals surface area contributed by atoms with E-state index in [1.54, 1.807) is 6.20 Å². The molecule has 0 radical (unpaired) electrons. The van der Waals surface area contributed by atoms with E-state index in [0.29, 0.717) is 10.4 Å². The number of hydrogen-bond donors (Lipinski definition) is 2. The van der Waals surface area contributed by atoms with Crippen LogP contribution in [0.5, 0.6) is 0 Å². The van der Waals surface area contributed by atoms with Gasteiger partial charge in [-0.05, 0) is 17.9 Å². The molecular formula is C16H21N3S. The van der Waals surface area contributed by atoms with Crippen LogP contribution < -0.4 is 11.1 Å². The number of nitrogens with one attached hydrogen (secondary N) is 1. The molecule has 0 saturated heterocycles. The molecule has 106 valence electrons. The monoisotopic (exact) mass is 287 g/mol. The lowest BCUT2D eigenvalue weighted by Gasteiger charge is -2.20. The van der Waals surface area contributed by atoms with Crippen LogP contribution in [0.25, 0.3) is 10.9 Å². The molecule has 1 heterocycles. The first-order chi connectivity index (χ1) is 9.38. The van der Waals surface area contributed by atoms with Crippen molar-refractivity contribution in [3.8, 4) is 0 Å². The Morgan fingerprint density at radius 3 is 2.65 bits per heavy atom. The molecule has 1 aromatic carbocycles. The van der Waals surface area contributed by atoms with Gasteiger partial charge in [0.15, 0.2) is 0 Å². The van der Waals surface area contributed by atoms with Crippen molar-refractivity contribution < 1.29 is 0 Å². The number of fused-ring (bicyclic) bond motifs is 1. The maximum Gasteiger partial charge on any atom is 0.107 e. The first-order valence-corrected chi connectivity index (χ1v) is 7.21. The molecule has 0 aliphatic carbocycles. The van der Waals surface area contributed by atoms with Gasteiger partial charge in [0.25, 0.3) is 0 Å². The van der Waals surface area contributed by atoms with Crippen molar-refractivity contribution in [1.82, 2.24) is 4.98 Å². The van der Waals surface area contributed by atoms with Crippen LogP contribution in [-0.2, 0) is 0 Å². The van der Waals surface area contributed by atoms with Gasteiger partial charge in [0.2, 0.25) is 0 Å². The van der Waals surface area contributed by atoms with Crippen molar-refractivity contribution in [2.75, 3.05) is 11.9 Å². The number of pyridine rings is 1. The Morgan fingerprint density at radius 1 is 1.30 bits per heavy atom. The molecule has 3 nitrogen and oxygen atoms in total. The average Bonchev–Trinajstić information content (AvgIpc) is 2.37. The Hall–Kier alpha value is -1.68. The number of rotatable bonds is 4. The van der Waals surface area contributed by atoms with Crippen LogP contribution in [0.2, 0.25) is 0 Å². The molecule has 2 aromatic rings. The molecule has 0 unspecified atom stereocenters. The quantitative estimate of drug-likeness (QED) is 0.842. The molecule has 2 rings (SSSR count). The van der Waals surface area contributed by atoms with Gasteiger partial charge < -0.3 is 11.1 Å². The molecule has 20 heavy (non-hydrogen) atoms. The third kappa shape index (κ3) is 3.45. The molecule has 0 saturated carbocycles. The Labute approximate surface area is 125 Å². The molecule has 4 heteroatoms. The first kappa shape index (κ1) is 14.7. The number of benzene rings is 1. The van der Waals surface area contributed by atoms with E-state index in [1.807, 2.05) is 24.3 Å². The molecule has 0 aliphatic rings. The predicted molar refractivity (Wildman–Crippen MR) is 90.2 cm³/mol. The molecule has 0 aliphatic heterocycles. The summed E-state index contributed by atoms with van der Waals surface area (Å²) in [6.45, 7) is 7.57. The zero-order valence-electron chi connectivity index (χ0n) is 12.2. The normalized spacial score (nSPS) is 11.6. The Bertz CT molecular complexity index is 629. The van der Waals surface area contributed by atoms with Crippen molar-refractivity contribution in [2.24, 2.45) is 11.1 Å². The van der Waals surface area contributed by atoms with E-state index in [0.717, 1.165) is 35.1 Å². The average molecular weight is 287 g/mol. The summed E-state index contributed by atoms with van der Waals surface area (Å²) >= 11 is 5.13. The van der Waals surface area contributed by atoms with Crippen LogP contribution in [0.1, 0.15) is 32.8 Å². The van der Waals surface area contributed by atoms with Gasteiger partial charge in [-0.1, -0.05) is 51.2 Å². The van der Waals surface area contributed by atoms with E-state index in [1.165, 1.54) is 0 Å². The summed E-state index contributed by atoms with van der Waals surface area (Å²) in [6.07, 6.45) is 2.82. The summed E-state index contributed by atoms with van der Waals surface area (Å²) in [5.41, 5.74) is 8.86. The second kappa shape index (κ2) is 5.75. The van der Waals surface area contributed by atoms with Crippen LogP contribution in [0, 0.1) is 5.41 Å². The number of nitrogens with two attached hydrogens (primary N) is 1. The Kier molecular flexibility index (Phi) is 4.23. The second-order valence-corrected chi connectivity index (χ2v) is 6.61. The minimum atomic E-state index is 0.291. The van der Waals surface area contributed by atoms with Crippen molar-refractivity contribution in [3.05, 3.63) is 36.0 Å². The molecule has 0 spiro atoms. The van der Waals surface area contributed by atoms with Gasteiger partial charge in [0, 0.05) is 18.1 Å². The number of hydrogen-bond acceptors (Lipinski definition) is 3. The number of para-hydroxylation sites is 1. The summed E-state index contributed by atoms with van der Waals surface area (Å²) in [7, 11) is 0. The second-order valence-electron chi connectivity index (χ2n) is 6.17. The largest absolute Gasteiger partial charge is 0.389 e. The zero-order valence-corrected chi connectivity index (χ0v) is 13.1. The molecule has 3 N–H and O–H groups in total. The van der Waals surface area contributed by atoms with Gasteiger partial charge in [-0.3, -0.25) is 4.98 Å². The summed E-state index contributed by atoms with van der Waals surface area (Å²) in [5.74, 6) is 0. The lowest BCUT2D eigenvalue weighted by Crippen LogP contribution is -2.17. The van der Waals surface area contributed by atoms with Crippen molar-refractivity contribution in [2.45, 2.75) is 27.2 Å². The van der Waals surface area contributed by atoms with Crippen LogP contribution in [0.4, 0.5) is 5.69 Å². The highest BCUT2D eigenvalue weighted by Crippen LogP contribution is 2.27. The summed E-state index contributed by atoms with van der Waals surface area (Å²) in [5, 5.41) is 4.55. The fourth-order valence-electron chi connectivity index (χ4n) is 2.08. The fraction of sp³-hybridized carbons (Fsp3) is 0.375. The van der Waals surface area contributed by atoms with Crippen molar-refractivity contribution in [1.29, 1.82) is 0 Å².